The minimum absolute atomic E-state index is 0. The summed E-state index contributed by atoms with van der Waals surface area (Å²) < 4.78 is 0. The maximum atomic E-state index is 4.76. The molecule has 2 rings (SSSR count). The van der Waals surface area contributed by atoms with Crippen molar-refractivity contribution in [1.82, 2.24) is 15.2 Å². The van der Waals surface area contributed by atoms with E-state index in [0.717, 1.165) is 26.2 Å². The summed E-state index contributed by atoms with van der Waals surface area (Å²) in [5, 5.41) is 6.93. The Bertz CT molecular complexity index is 373. The zero-order valence-electron chi connectivity index (χ0n) is 11.7. The Kier molecular flexibility index (Phi) is 5.59. The highest BCUT2D eigenvalue weighted by atomic mass is 35.5. The molecule has 0 bridgehead atoms. The Hall–Kier alpha value is -0.160. The fourth-order valence-corrected chi connectivity index (χ4v) is 3.01. The van der Waals surface area contributed by atoms with Gasteiger partial charge in [-0.3, -0.25) is 4.90 Å². The number of piperazine rings is 1. The first-order valence-corrected chi connectivity index (χ1v) is 7.24. The van der Waals surface area contributed by atoms with Gasteiger partial charge in [0.25, 0.3) is 0 Å². The average molecular weight is 290 g/mol. The molecule has 0 aliphatic carbocycles. The lowest BCUT2D eigenvalue weighted by Crippen LogP contribution is -2.48. The lowest BCUT2D eigenvalue weighted by Gasteiger charge is -2.31. The summed E-state index contributed by atoms with van der Waals surface area (Å²) in [4.78, 5) is 7.25. The number of nitrogens with zero attached hydrogens (tertiary/aromatic N) is 2. The fraction of sp³-hybridized carbons (Fsp3) is 0.769. The average Bonchev–Trinajstić information content (AvgIpc) is 2.65. The molecule has 1 aromatic heterocycles. The van der Waals surface area contributed by atoms with Gasteiger partial charge in [-0.25, -0.2) is 4.98 Å². The second-order valence-electron chi connectivity index (χ2n) is 5.98. The first-order valence-electron chi connectivity index (χ1n) is 6.36. The van der Waals surface area contributed by atoms with Crippen molar-refractivity contribution >= 4 is 23.7 Å². The molecule has 0 amide bonds. The van der Waals surface area contributed by atoms with Crippen molar-refractivity contribution in [3.8, 4) is 0 Å². The highest BCUT2D eigenvalue weighted by Crippen LogP contribution is 2.26. The summed E-state index contributed by atoms with van der Waals surface area (Å²) in [5.74, 6) is 0. The lowest BCUT2D eigenvalue weighted by molar-refractivity contribution is 0.198. The maximum absolute atomic E-state index is 4.76. The molecule has 0 saturated carbocycles. The monoisotopic (exact) mass is 289 g/mol. The Morgan fingerprint density at radius 1 is 1.50 bits per heavy atom. The van der Waals surface area contributed by atoms with Gasteiger partial charge in [-0.05, 0) is 6.92 Å². The summed E-state index contributed by atoms with van der Waals surface area (Å²) in [5.41, 5.74) is 1.41. The lowest BCUT2D eigenvalue weighted by atomic mass is 9.98. The second kappa shape index (κ2) is 6.33. The van der Waals surface area contributed by atoms with E-state index in [4.69, 9.17) is 4.98 Å². The van der Waals surface area contributed by atoms with Crippen LogP contribution in [-0.2, 0) is 12.0 Å². The van der Waals surface area contributed by atoms with Gasteiger partial charge in [0.05, 0.1) is 10.7 Å². The van der Waals surface area contributed by atoms with E-state index in [1.54, 1.807) is 11.3 Å². The number of aromatic nitrogens is 1. The van der Waals surface area contributed by atoms with Crippen LogP contribution < -0.4 is 5.32 Å². The van der Waals surface area contributed by atoms with Crippen molar-refractivity contribution in [2.45, 2.75) is 45.7 Å². The maximum Gasteiger partial charge on any atom is 0.0982 e. The van der Waals surface area contributed by atoms with Crippen LogP contribution in [0.2, 0.25) is 0 Å². The third-order valence-corrected chi connectivity index (χ3v) is 4.35. The highest BCUT2D eigenvalue weighted by molar-refractivity contribution is 7.09. The molecule has 0 aromatic carbocycles. The predicted octanol–water partition coefficient (Wildman–Crippen LogP) is 2.66. The van der Waals surface area contributed by atoms with Crippen LogP contribution in [0.5, 0.6) is 0 Å². The molecule has 0 unspecified atom stereocenters. The van der Waals surface area contributed by atoms with Gasteiger partial charge in [0.1, 0.15) is 0 Å². The SMILES string of the molecule is C[C@@H]1CN(Cc2csc(C(C)(C)C)n2)CCN1.Cl. The molecule has 1 aliphatic rings. The van der Waals surface area contributed by atoms with Gasteiger partial charge < -0.3 is 5.32 Å². The standard InChI is InChI=1S/C13H23N3S.ClH/c1-10-7-16(6-5-14-10)8-11-9-17-12(15-11)13(2,3)4;/h9-10,14H,5-8H2,1-4H3;1H/t10-;/m1./s1. The summed E-state index contributed by atoms with van der Waals surface area (Å²) in [6.45, 7) is 13.3. The van der Waals surface area contributed by atoms with Crippen LogP contribution >= 0.6 is 23.7 Å². The Morgan fingerprint density at radius 2 is 2.22 bits per heavy atom. The largest absolute Gasteiger partial charge is 0.312 e. The summed E-state index contributed by atoms with van der Waals surface area (Å²) in [6.07, 6.45) is 0. The van der Waals surface area contributed by atoms with Crippen molar-refractivity contribution in [1.29, 1.82) is 0 Å². The van der Waals surface area contributed by atoms with Gasteiger partial charge in [-0.1, -0.05) is 20.8 Å². The van der Waals surface area contributed by atoms with E-state index in [1.807, 2.05) is 0 Å². The van der Waals surface area contributed by atoms with Gasteiger partial charge in [0, 0.05) is 43.0 Å². The van der Waals surface area contributed by atoms with Crippen LogP contribution in [0.15, 0.2) is 5.38 Å². The number of hydrogen-bond donors (Lipinski definition) is 1. The van der Waals surface area contributed by atoms with E-state index in [0.29, 0.717) is 6.04 Å². The van der Waals surface area contributed by atoms with E-state index in [2.05, 4.69) is 43.3 Å². The molecule has 1 aliphatic heterocycles. The van der Waals surface area contributed by atoms with Crippen molar-refractivity contribution in [2.75, 3.05) is 19.6 Å². The van der Waals surface area contributed by atoms with Crippen molar-refractivity contribution < 1.29 is 0 Å². The minimum Gasteiger partial charge on any atom is -0.312 e. The predicted molar refractivity (Wildman–Crippen MR) is 80.8 cm³/mol. The highest BCUT2D eigenvalue weighted by Gasteiger charge is 2.20. The number of hydrogen-bond acceptors (Lipinski definition) is 4. The third-order valence-electron chi connectivity index (χ3n) is 3.03. The third kappa shape index (κ3) is 4.19. The normalized spacial score (nSPS) is 21.7. The molecular formula is C13H24ClN3S. The molecule has 3 nitrogen and oxygen atoms in total. The van der Waals surface area contributed by atoms with Crippen molar-refractivity contribution in [3.05, 3.63) is 16.1 Å². The summed E-state index contributed by atoms with van der Waals surface area (Å²) >= 11 is 1.79. The first kappa shape index (κ1) is 15.9. The quantitative estimate of drug-likeness (QED) is 0.907. The number of halogens is 1. The summed E-state index contributed by atoms with van der Waals surface area (Å²) in [6, 6.07) is 0.601. The van der Waals surface area contributed by atoms with E-state index < -0.39 is 0 Å². The van der Waals surface area contributed by atoms with E-state index in [9.17, 15) is 0 Å². The number of thiazole rings is 1. The van der Waals surface area contributed by atoms with Gasteiger partial charge in [0.15, 0.2) is 0 Å². The first-order chi connectivity index (χ1) is 7.95. The van der Waals surface area contributed by atoms with Crippen LogP contribution in [-0.4, -0.2) is 35.6 Å². The van der Waals surface area contributed by atoms with E-state index in [1.165, 1.54) is 10.7 Å². The molecule has 2 heterocycles. The Balaban J connectivity index is 0.00000162. The van der Waals surface area contributed by atoms with Crippen molar-refractivity contribution in [3.63, 3.8) is 0 Å². The topological polar surface area (TPSA) is 28.2 Å². The molecule has 1 aromatic rings. The van der Waals surface area contributed by atoms with Crippen LogP contribution in [0.4, 0.5) is 0 Å². The Labute approximate surface area is 120 Å². The molecular weight excluding hydrogens is 266 g/mol. The van der Waals surface area contributed by atoms with Gasteiger partial charge in [-0.2, -0.15) is 0 Å². The Morgan fingerprint density at radius 3 is 2.78 bits per heavy atom. The van der Waals surface area contributed by atoms with E-state index in [-0.39, 0.29) is 17.8 Å². The van der Waals surface area contributed by atoms with Crippen LogP contribution in [0.25, 0.3) is 0 Å². The molecule has 0 radical (unpaired) electrons. The van der Waals surface area contributed by atoms with E-state index >= 15 is 0 Å². The molecule has 104 valence electrons. The van der Waals surface area contributed by atoms with Crippen LogP contribution in [0, 0.1) is 0 Å². The van der Waals surface area contributed by atoms with Gasteiger partial charge >= 0.3 is 0 Å². The molecule has 5 heteroatoms. The van der Waals surface area contributed by atoms with Crippen LogP contribution in [0.3, 0.4) is 0 Å². The molecule has 1 saturated heterocycles. The molecule has 1 atom stereocenters. The minimum atomic E-state index is 0. The number of nitrogens with one attached hydrogen (secondary N) is 1. The van der Waals surface area contributed by atoms with Gasteiger partial charge in [-0.15, -0.1) is 23.7 Å². The van der Waals surface area contributed by atoms with Crippen LogP contribution in [0.1, 0.15) is 38.4 Å². The molecule has 1 fully saturated rings. The number of rotatable bonds is 2. The molecule has 18 heavy (non-hydrogen) atoms. The zero-order chi connectivity index (χ0) is 12.5. The molecule has 1 N–H and O–H groups in total. The second-order valence-corrected chi connectivity index (χ2v) is 6.84. The van der Waals surface area contributed by atoms with Crippen molar-refractivity contribution in [2.24, 2.45) is 0 Å². The smallest absolute Gasteiger partial charge is 0.0982 e. The fourth-order valence-electron chi connectivity index (χ4n) is 2.11. The zero-order valence-corrected chi connectivity index (χ0v) is 13.3. The summed E-state index contributed by atoms with van der Waals surface area (Å²) in [7, 11) is 0. The van der Waals surface area contributed by atoms with Gasteiger partial charge in [0.2, 0.25) is 0 Å². The molecule has 0 spiro atoms.